The average molecular weight is 246 g/mol. The molecule has 2 aromatic rings. The van der Waals surface area contributed by atoms with Crippen LogP contribution < -0.4 is 0 Å². The molecule has 0 amide bonds. The molecule has 0 spiro atoms. The first-order valence-corrected chi connectivity index (χ1v) is 5.29. The van der Waals surface area contributed by atoms with Gasteiger partial charge in [-0.1, -0.05) is 18.2 Å². The molecule has 1 N–H and O–H groups in total. The van der Waals surface area contributed by atoms with E-state index in [-0.39, 0.29) is 0 Å². The third-order valence-corrected chi connectivity index (χ3v) is 2.56. The number of carbonyl (C=O) groups excluding carboxylic acids is 1. The SMILES string of the molecule is COC(=O)c1cccc(-c2ccc(F)c(O)c2)c1. The summed E-state index contributed by atoms with van der Waals surface area (Å²) in [4.78, 5) is 11.4. The molecular formula is C14H11FO3. The number of benzene rings is 2. The summed E-state index contributed by atoms with van der Waals surface area (Å²) in [5, 5.41) is 9.32. The molecule has 0 unspecified atom stereocenters. The van der Waals surface area contributed by atoms with Crippen LogP contribution in [0.4, 0.5) is 4.39 Å². The number of phenolic OH excluding ortho intramolecular Hbond substituents is 1. The topological polar surface area (TPSA) is 46.5 Å². The Morgan fingerprint density at radius 2 is 1.89 bits per heavy atom. The number of methoxy groups -OCH3 is 1. The zero-order valence-corrected chi connectivity index (χ0v) is 9.68. The number of hydrogen-bond acceptors (Lipinski definition) is 3. The van der Waals surface area contributed by atoms with Crippen LogP contribution in [0, 0.1) is 5.82 Å². The minimum Gasteiger partial charge on any atom is -0.505 e. The van der Waals surface area contributed by atoms with Crippen molar-refractivity contribution < 1.29 is 19.0 Å². The molecular weight excluding hydrogens is 235 g/mol. The summed E-state index contributed by atoms with van der Waals surface area (Å²) in [5.41, 5.74) is 1.73. The molecule has 0 heterocycles. The van der Waals surface area contributed by atoms with E-state index in [1.165, 1.54) is 25.3 Å². The molecule has 0 aliphatic carbocycles. The zero-order chi connectivity index (χ0) is 13.1. The second-order valence-corrected chi connectivity index (χ2v) is 3.74. The maximum Gasteiger partial charge on any atom is 0.337 e. The van der Waals surface area contributed by atoms with Gasteiger partial charge in [-0.05, 0) is 35.4 Å². The maximum absolute atomic E-state index is 13.0. The molecule has 0 saturated heterocycles. The van der Waals surface area contributed by atoms with Gasteiger partial charge in [0.1, 0.15) is 0 Å². The van der Waals surface area contributed by atoms with E-state index in [9.17, 15) is 14.3 Å². The van der Waals surface area contributed by atoms with Crippen molar-refractivity contribution in [3.63, 3.8) is 0 Å². The second-order valence-electron chi connectivity index (χ2n) is 3.74. The highest BCUT2D eigenvalue weighted by Gasteiger charge is 2.08. The van der Waals surface area contributed by atoms with Gasteiger partial charge in [0.2, 0.25) is 0 Å². The third-order valence-electron chi connectivity index (χ3n) is 2.56. The van der Waals surface area contributed by atoms with E-state index in [0.717, 1.165) is 0 Å². The number of phenols is 1. The van der Waals surface area contributed by atoms with Crippen LogP contribution in [-0.4, -0.2) is 18.2 Å². The molecule has 4 heteroatoms. The van der Waals surface area contributed by atoms with E-state index in [1.807, 2.05) is 0 Å². The van der Waals surface area contributed by atoms with Crippen molar-refractivity contribution in [1.29, 1.82) is 0 Å². The minimum atomic E-state index is -0.678. The van der Waals surface area contributed by atoms with Gasteiger partial charge in [0.05, 0.1) is 12.7 Å². The normalized spacial score (nSPS) is 10.1. The summed E-state index contributed by atoms with van der Waals surface area (Å²) in [6.07, 6.45) is 0. The van der Waals surface area contributed by atoms with E-state index in [2.05, 4.69) is 4.74 Å². The fourth-order valence-corrected chi connectivity index (χ4v) is 1.64. The van der Waals surface area contributed by atoms with Crippen molar-refractivity contribution in [2.45, 2.75) is 0 Å². The lowest BCUT2D eigenvalue weighted by Gasteiger charge is -2.05. The van der Waals surface area contributed by atoms with Crippen molar-refractivity contribution in [3.05, 3.63) is 53.8 Å². The van der Waals surface area contributed by atoms with Crippen LogP contribution in [0.3, 0.4) is 0 Å². The Morgan fingerprint density at radius 3 is 2.56 bits per heavy atom. The fourth-order valence-electron chi connectivity index (χ4n) is 1.64. The third kappa shape index (κ3) is 2.32. The van der Waals surface area contributed by atoms with Crippen LogP contribution in [0.2, 0.25) is 0 Å². The average Bonchev–Trinajstić information content (AvgIpc) is 2.41. The largest absolute Gasteiger partial charge is 0.505 e. The first kappa shape index (κ1) is 12.1. The number of halogens is 1. The molecule has 2 rings (SSSR count). The quantitative estimate of drug-likeness (QED) is 0.828. The van der Waals surface area contributed by atoms with Crippen LogP contribution in [0.15, 0.2) is 42.5 Å². The van der Waals surface area contributed by atoms with Crippen LogP contribution in [0.5, 0.6) is 5.75 Å². The van der Waals surface area contributed by atoms with Crippen LogP contribution in [-0.2, 0) is 4.74 Å². The first-order valence-electron chi connectivity index (χ1n) is 5.29. The molecule has 0 aliphatic rings. The van der Waals surface area contributed by atoms with Gasteiger partial charge in [-0.3, -0.25) is 0 Å². The van der Waals surface area contributed by atoms with Gasteiger partial charge in [0, 0.05) is 0 Å². The monoisotopic (exact) mass is 246 g/mol. The number of esters is 1. The number of hydrogen-bond donors (Lipinski definition) is 1. The molecule has 2 aromatic carbocycles. The van der Waals surface area contributed by atoms with Gasteiger partial charge in [-0.15, -0.1) is 0 Å². The van der Waals surface area contributed by atoms with Gasteiger partial charge >= 0.3 is 5.97 Å². The minimum absolute atomic E-state index is 0.402. The highest BCUT2D eigenvalue weighted by Crippen LogP contribution is 2.26. The van der Waals surface area contributed by atoms with Crippen LogP contribution in [0.1, 0.15) is 10.4 Å². The number of carbonyl (C=O) groups is 1. The smallest absolute Gasteiger partial charge is 0.337 e. The summed E-state index contributed by atoms with van der Waals surface area (Å²) in [7, 11) is 1.30. The van der Waals surface area contributed by atoms with Crippen molar-refractivity contribution in [3.8, 4) is 16.9 Å². The zero-order valence-electron chi connectivity index (χ0n) is 9.68. The Balaban J connectivity index is 2.44. The van der Waals surface area contributed by atoms with Crippen molar-refractivity contribution in [1.82, 2.24) is 0 Å². The van der Waals surface area contributed by atoms with Crippen molar-refractivity contribution >= 4 is 5.97 Å². The number of rotatable bonds is 2. The fraction of sp³-hybridized carbons (Fsp3) is 0.0714. The summed E-state index contributed by atoms with van der Waals surface area (Å²) in [6, 6.07) is 10.7. The predicted octanol–water partition coefficient (Wildman–Crippen LogP) is 2.98. The van der Waals surface area contributed by atoms with Crippen molar-refractivity contribution in [2.75, 3.05) is 7.11 Å². The molecule has 0 fully saturated rings. The number of aromatic hydroxyl groups is 1. The highest BCUT2D eigenvalue weighted by molar-refractivity contribution is 5.91. The Kier molecular flexibility index (Phi) is 3.28. The summed E-state index contributed by atoms with van der Waals surface area (Å²) in [6.45, 7) is 0. The van der Waals surface area contributed by atoms with E-state index < -0.39 is 17.5 Å². The van der Waals surface area contributed by atoms with E-state index in [0.29, 0.717) is 16.7 Å². The molecule has 0 bridgehead atoms. The molecule has 0 atom stereocenters. The lowest BCUT2D eigenvalue weighted by molar-refractivity contribution is 0.0601. The molecule has 0 aliphatic heterocycles. The van der Waals surface area contributed by atoms with Gasteiger partial charge in [-0.2, -0.15) is 0 Å². The lowest BCUT2D eigenvalue weighted by atomic mass is 10.0. The summed E-state index contributed by atoms with van der Waals surface area (Å²) >= 11 is 0. The van der Waals surface area contributed by atoms with Gasteiger partial charge in [-0.25, -0.2) is 9.18 Å². The first-order chi connectivity index (χ1) is 8.61. The summed E-state index contributed by atoms with van der Waals surface area (Å²) in [5.74, 6) is -1.54. The van der Waals surface area contributed by atoms with Crippen molar-refractivity contribution in [2.24, 2.45) is 0 Å². The van der Waals surface area contributed by atoms with Gasteiger partial charge in [0.25, 0.3) is 0 Å². The molecule has 0 radical (unpaired) electrons. The van der Waals surface area contributed by atoms with Gasteiger partial charge < -0.3 is 9.84 Å². The lowest BCUT2D eigenvalue weighted by Crippen LogP contribution is -2.00. The van der Waals surface area contributed by atoms with Crippen LogP contribution in [0.25, 0.3) is 11.1 Å². The standard InChI is InChI=1S/C14H11FO3/c1-18-14(17)11-4-2-3-9(7-11)10-5-6-12(15)13(16)8-10/h2-8,16H,1H3. The second kappa shape index (κ2) is 4.87. The van der Waals surface area contributed by atoms with E-state index >= 15 is 0 Å². The Hall–Kier alpha value is -2.36. The van der Waals surface area contributed by atoms with E-state index in [1.54, 1.807) is 24.3 Å². The van der Waals surface area contributed by atoms with Crippen LogP contribution >= 0.6 is 0 Å². The Bertz CT molecular complexity index is 593. The Morgan fingerprint density at radius 1 is 1.17 bits per heavy atom. The van der Waals surface area contributed by atoms with Gasteiger partial charge in [0.15, 0.2) is 11.6 Å². The molecule has 0 saturated carbocycles. The number of ether oxygens (including phenoxy) is 1. The maximum atomic E-state index is 13.0. The molecule has 0 aromatic heterocycles. The predicted molar refractivity (Wildman–Crippen MR) is 64.8 cm³/mol. The summed E-state index contributed by atoms with van der Waals surface area (Å²) < 4.78 is 17.6. The Labute approximate surface area is 103 Å². The van der Waals surface area contributed by atoms with E-state index in [4.69, 9.17) is 0 Å². The molecule has 92 valence electrons. The highest BCUT2D eigenvalue weighted by atomic mass is 19.1. The molecule has 3 nitrogen and oxygen atoms in total. The molecule has 18 heavy (non-hydrogen) atoms.